The Hall–Kier alpha value is -4.43. The molecule has 0 aromatic heterocycles. The van der Waals surface area contributed by atoms with E-state index >= 15 is 0 Å². The number of anilines is 1. The van der Waals surface area contributed by atoms with Crippen LogP contribution in [-0.2, 0) is 0 Å². The Morgan fingerprint density at radius 2 is 1.51 bits per heavy atom. The van der Waals surface area contributed by atoms with Crippen molar-refractivity contribution in [2.45, 2.75) is 12.8 Å². The summed E-state index contributed by atoms with van der Waals surface area (Å²) in [6.45, 7) is 2.46. The minimum absolute atomic E-state index is 0.0420. The Bertz CT molecular complexity index is 1490. The summed E-state index contributed by atoms with van der Waals surface area (Å²) in [6, 6.07) is 25.1. The standard InChI is InChI=1S/C31H28FN3O4/c32-26-12-8-23(9-13-26)30(36)24-16-18-33(19-17-24)20-21-34(29-7-3-5-22-4-1-2-6-28(22)29)31(37)25-10-14-27(15-11-25)35(38)39/h1-15,24H,16-21H2. The van der Waals surface area contributed by atoms with E-state index in [0.29, 0.717) is 50.1 Å². The molecule has 4 aromatic carbocycles. The summed E-state index contributed by atoms with van der Waals surface area (Å²) in [5, 5.41) is 13.0. The largest absolute Gasteiger partial charge is 0.306 e. The van der Waals surface area contributed by atoms with Crippen LogP contribution in [0.2, 0.25) is 0 Å². The Kier molecular flexibility index (Phi) is 7.74. The maximum absolute atomic E-state index is 13.7. The van der Waals surface area contributed by atoms with Crippen LogP contribution in [-0.4, -0.2) is 47.7 Å². The van der Waals surface area contributed by atoms with Gasteiger partial charge < -0.3 is 9.80 Å². The number of likely N-dealkylation sites (tertiary alicyclic amines) is 1. The molecule has 8 heteroatoms. The number of Topliss-reactive ketones (excluding diaryl/α,β-unsaturated/α-hetero) is 1. The molecular formula is C31H28FN3O4. The Labute approximate surface area is 225 Å². The molecule has 1 heterocycles. The van der Waals surface area contributed by atoms with Gasteiger partial charge >= 0.3 is 0 Å². The van der Waals surface area contributed by atoms with Gasteiger partial charge in [-0.05, 0) is 73.8 Å². The SMILES string of the molecule is O=C(c1ccc(F)cc1)C1CCN(CCN(C(=O)c2ccc([N+](=O)[O-])cc2)c2cccc3ccccc23)CC1. The van der Waals surface area contributed by atoms with Crippen LogP contribution < -0.4 is 4.90 Å². The zero-order valence-electron chi connectivity index (χ0n) is 21.3. The summed E-state index contributed by atoms with van der Waals surface area (Å²) < 4.78 is 13.2. The summed E-state index contributed by atoms with van der Waals surface area (Å²) in [5.74, 6) is -0.661. The highest BCUT2D eigenvalue weighted by Gasteiger charge is 2.27. The second kappa shape index (κ2) is 11.5. The van der Waals surface area contributed by atoms with Crippen molar-refractivity contribution in [1.82, 2.24) is 4.90 Å². The van der Waals surface area contributed by atoms with Crippen LogP contribution in [0.4, 0.5) is 15.8 Å². The number of carbonyl (C=O) groups excluding carboxylic acids is 2. The van der Waals surface area contributed by atoms with E-state index in [1.807, 2.05) is 42.5 Å². The number of non-ortho nitro benzene ring substituents is 1. The lowest BCUT2D eigenvalue weighted by atomic mass is 9.89. The first-order chi connectivity index (χ1) is 18.9. The molecule has 0 unspecified atom stereocenters. The van der Waals surface area contributed by atoms with Crippen LogP contribution in [0.3, 0.4) is 0 Å². The molecule has 0 atom stereocenters. The summed E-state index contributed by atoms with van der Waals surface area (Å²) in [7, 11) is 0. The van der Waals surface area contributed by atoms with Gasteiger partial charge in [0.25, 0.3) is 11.6 Å². The van der Waals surface area contributed by atoms with E-state index in [9.17, 15) is 24.1 Å². The summed E-state index contributed by atoms with van der Waals surface area (Å²) >= 11 is 0. The number of carbonyl (C=O) groups is 2. The van der Waals surface area contributed by atoms with Crippen LogP contribution >= 0.6 is 0 Å². The lowest BCUT2D eigenvalue weighted by Gasteiger charge is -2.33. The maximum atomic E-state index is 13.7. The van der Waals surface area contributed by atoms with E-state index in [-0.39, 0.29) is 29.1 Å². The molecule has 4 aromatic rings. The molecule has 0 saturated carbocycles. The average Bonchev–Trinajstić information content (AvgIpc) is 2.97. The molecule has 7 nitrogen and oxygen atoms in total. The molecule has 1 aliphatic heterocycles. The third kappa shape index (κ3) is 5.86. The van der Waals surface area contributed by atoms with E-state index in [1.54, 1.807) is 4.90 Å². The average molecular weight is 526 g/mol. The highest BCUT2D eigenvalue weighted by molar-refractivity contribution is 6.10. The van der Waals surface area contributed by atoms with Crippen LogP contribution in [0, 0.1) is 21.8 Å². The van der Waals surface area contributed by atoms with Crippen molar-refractivity contribution in [3.05, 3.63) is 118 Å². The van der Waals surface area contributed by atoms with Gasteiger partial charge in [0.2, 0.25) is 0 Å². The quantitative estimate of drug-likeness (QED) is 0.157. The normalized spacial score (nSPS) is 14.3. The third-order valence-corrected chi connectivity index (χ3v) is 7.35. The van der Waals surface area contributed by atoms with Gasteiger partial charge in [-0.1, -0.05) is 36.4 Å². The fraction of sp³-hybridized carbons (Fsp3) is 0.226. The Balaban J connectivity index is 1.32. The zero-order valence-corrected chi connectivity index (χ0v) is 21.3. The number of nitro groups is 1. The minimum atomic E-state index is -0.485. The number of benzene rings is 4. The molecule has 1 aliphatic rings. The van der Waals surface area contributed by atoms with E-state index in [4.69, 9.17) is 0 Å². The van der Waals surface area contributed by atoms with E-state index < -0.39 is 4.92 Å². The number of hydrogen-bond acceptors (Lipinski definition) is 5. The molecule has 0 bridgehead atoms. The molecular weight excluding hydrogens is 497 g/mol. The summed E-state index contributed by atoms with van der Waals surface area (Å²) in [6.07, 6.45) is 1.39. The van der Waals surface area contributed by atoms with Crippen LogP contribution in [0.15, 0.2) is 91.0 Å². The molecule has 0 N–H and O–H groups in total. The van der Waals surface area contributed by atoms with Crippen molar-refractivity contribution < 1.29 is 18.9 Å². The number of fused-ring (bicyclic) bond motifs is 1. The van der Waals surface area contributed by atoms with Gasteiger partial charge in [-0.25, -0.2) is 4.39 Å². The van der Waals surface area contributed by atoms with Gasteiger partial charge in [-0.2, -0.15) is 0 Å². The molecule has 1 amide bonds. The fourth-order valence-corrected chi connectivity index (χ4v) is 5.17. The van der Waals surface area contributed by atoms with Gasteiger partial charge in [-0.15, -0.1) is 0 Å². The van der Waals surface area contributed by atoms with Crippen molar-refractivity contribution >= 4 is 33.8 Å². The van der Waals surface area contributed by atoms with Crippen molar-refractivity contribution in [1.29, 1.82) is 0 Å². The molecule has 198 valence electrons. The van der Waals surface area contributed by atoms with Crippen molar-refractivity contribution in [2.75, 3.05) is 31.1 Å². The minimum Gasteiger partial charge on any atom is -0.306 e. The summed E-state index contributed by atoms with van der Waals surface area (Å²) in [4.78, 5) is 41.2. The second-order valence-electron chi connectivity index (χ2n) is 9.75. The smallest absolute Gasteiger partial charge is 0.269 e. The van der Waals surface area contributed by atoms with Crippen LogP contribution in [0.25, 0.3) is 10.8 Å². The highest BCUT2D eigenvalue weighted by atomic mass is 19.1. The van der Waals surface area contributed by atoms with Gasteiger partial charge in [-0.3, -0.25) is 19.7 Å². The van der Waals surface area contributed by atoms with Crippen molar-refractivity contribution in [3.63, 3.8) is 0 Å². The predicted octanol–water partition coefficient (Wildman–Crippen LogP) is 6.13. The number of ketones is 1. The summed E-state index contributed by atoms with van der Waals surface area (Å²) in [5.41, 5.74) is 1.61. The fourth-order valence-electron chi connectivity index (χ4n) is 5.17. The van der Waals surface area contributed by atoms with Crippen molar-refractivity contribution in [3.8, 4) is 0 Å². The van der Waals surface area contributed by atoms with E-state index in [1.165, 1.54) is 48.5 Å². The highest BCUT2D eigenvalue weighted by Crippen LogP contribution is 2.29. The zero-order chi connectivity index (χ0) is 27.4. The molecule has 0 aliphatic carbocycles. The number of nitrogens with zero attached hydrogens (tertiary/aromatic N) is 3. The van der Waals surface area contributed by atoms with Gasteiger partial charge in [0.1, 0.15) is 5.82 Å². The number of hydrogen-bond donors (Lipinski definition) is 0. The number of nitro benzene ring substituents is 1. The topological polar surface area (TPSA) is 83.8 Å². The monoisotopic (exact) mass is 525 g/mol. The maximum Gasteiger partial charge on any atom is 0.269 e. The molecule has 39 heavy (non-hydrogen) atoms. The number of amides is 1. The first kappa shape index (κ1) is 26.2. The van der Waals surface area contributed by atoms with E-state index in [2.05, 4.69) is 4.90 Å². The molecule has 0 spiro atoms. The molecule has 1 saturated heterocycles. The van der Waals surface area contributed by atoms with Gasteiger partial charge in [0.15, 0.2) is 5.78 Å². The third-order valence-electron chi connectivity index (χ3n) is 7.35. The lowest BCUT2D eigenvalue weighted by Crippen LogP contribution is -2.43. The van der Waals surface area contributed by atoms with Crippen LogP contribution in [0.5, 0.6) is 0 Å². The number of rotatable bonds is 8. The number of halogens is 1. The van der Waals surface area contributed by atoms with Crippen LogP contribution in [0.1, 0.15) is 33.6 Å². The predicted molar refractivity (Wildman–Crippen MR) is 149 cm³/mol. The van der Waals surface area contributed by atoms with Crippen molar-refractivity contribution in [2.24, 2.45) is 5.92 Å². The second-order valence-corrected chi connectivity index (χ2v) is 9.75. The number of piperidine rings is 1. The first-order valence-corrected chi connectivity index (χ1v) is 13.0. The Morgan fingerprint density at radius 3 is 2.21 bits per heavy atom. The molecule has 0 radical (unpaired) electrons. The van der Waals surface area contributed by atoms with E-state index in [0.717, 1.165) is 16.5 Å². The van der Waals surface area contributed by atoms with Gasteiger partial charge in [0.05, 0.1) is 10.6 Å². The Morgan fingerprint density at radius 1 is 0.872 bits per heavy atom. The molecule has 1 fully saturated rings. The lowest BCUT2D eigenvalue weighted by molar-refractivity contribution is -0.384. The van der Waals surface area contributed by atoms with Gasteiger partial charge in [0, 0.05) is 47.7 Å². The molecule has 5 rings (SSSR count). The first-order valence-electron chi connectivity index (χ1n) is 13.0.